The average molecular weight is 407 g/mol. The fourth-order valence-electron chi connectivity index (χ4n) is 3.97. The van der Waals surface area contributed by atoms with E-state index in [9.17, 15) is 13.2 Å². The zero-order valence-electron chi connectivity index (χ0n) is 15.8. The molecule has 0 saturated carbocycles. The summed E-state index contributed by atoms with van der Waals surface area (Å²) >= 11 is 0. The van der Waals surface area contributed by atoms with E-state index in [0.717, 1.165) is 52.2 Å². The number of rotatable bonds is 4. The fourth-order valence-corrected chi connectivity index (χ4v) is 5.17. The third-order valence-corrected chi connectivity index (χ3v) is 6.90. The van der Waals surface area contributed by atoms with Crippen LogP contribution in [0.25, 0.3) is 0 Å². The van der Waals surface area contributed by atoms with E-state index >= 15 is 0 Å². The van der Waals surface area contributed by atoms with Crippen LogP contribution in [0.4, 0.5) is 5.69 Å². The Morgan fingerprint density at radius 1 is 1.21 bits per heavy atom. The number of anilines is 1. The lowest BCUT2D eigenvalue weighted by atomic mass is 9.96. The number of carbonyl (C=O) groups is 1. The summed E-state index contributed by atoms with van der Waals surface area (Å²) in [5, 5.41) is 3.18. The van der Waals surface area contributed by atoms with Gasteiger partial charge < -0.3 is 15.0 Å². The van der Waals surface area contributed by atoms with E-state index in [1.54, 1.807) is 24.3 Å². The molecule has 1 atom stereocenters. The SMILES string of the molecule is O=C(CCN1CCOCC1)N1CCC[C@H](C2=NS(=O)(=O)c3ccccc3N2)C1. The number of benzene rings is 1. The Morgan fingerprint density at radius 2 is 2.00 bits per heavy atom. The summed E-state index contributed by atoms with van der Waals surface area (Å²) in [7, 11) is -3.70. The Bertz CT molecular complexity index is 864. The van der Waals surface area contributed by atoms with Crippen LogP contribution in [0.15, 0.2) is 33.6 Å². The van der Waals surface area contributed by atoms with Gasteiger partial charge >= 0.3 is 0 Å². The maximum atomic E-state index is 12.7. The van der Waals surface area contributed by atoms with Crippen LogP contribution in [0.1, 0.15) is 19.3 Å². The van der Waals surface area contributed by atoms with Gasteiger partial charge in [-0.3, -0.25) is 9.69 Å². The van der Waals surface area contributed by atoms with Gasteiger partial charge in [0.25, 0.3) is 10.0 Å². The fraction of sp³-hybridized carbons (Fsp3) is 0.579. The number of hydrogen-bond acceptors (Lipinski definition) is 6. The summed E-state index contributed by atoms with van der Waals surface area (Å²) < 4.78 is 34.3. The highest BCUT2D eigenvalue weighted by atomic mass is 32.2. The van der Waals surface area contributed by atoms with Gasteiger partial charge in [0.1, 0.15) is 10.7 Å². The summed E-state index contributed by atoms with van der Waals surface area (Å²) in [5.74, 6) is 0.476. The first-order chi connectivity index (χ1) is 13.5. The van der Waals surface area contributed by atoms with Crippen LogP contribution in [0, 0.1) is 5.92 Å². The smallest absolute Gasteiger partial charge is 0.286 e. The maximum absolute atomic E-state index is 12.7. The van der Waals surface area contributed by atoms with Crippen LogP contribution in [0.5, 0.6) is 0 Å². The molecular weight excluding hydrogens is 380 g/mol. The normalized spacial score (nSPS) is 24.8. The van der Waals surface area contributed by atoms with Gasteiger partial charge in [-0.1, -0.05) is 12.1 Å². The number of sulfonamides is 1. The van der Waals surface area contributed by atoms with E-state index in [0.29, 0.717) is 24.5 Å². The van der Waals surface area contributed by atoms with Crippen LogP contribution in [-0.4, -0.2) is 75.9 Å². The number of morpholine rings is 1. The van der Waals surface area contributed by atoms with Gasteiger partial charge in [-0.25, -0.2) is 0 Å². The molecule has 1 aromatic carbocycles. The third kappa shape index (κ3) is 4.21. The lowest BCUT2D eigenvalue weighted by molar-refractivity contribution is -0.133. The molecule has 2 fully saturated rings. The summed E-state index contributed by atoms with van der Waals surface area (Å²) in [6.07, 6.45) is 2.14. The molecule has 0 radical (unpaired) electrons. The van der Waals surface area contributed by atoms with Crippen LogP contribution in [-0.2, 0) is 19.6 Å². The van der Waals surface area contributed by atoms with Crippen LogP contribution in [0.2, 0.25) is 0 Å². The number of para-hydroxylation sites is 1. The van der Waals surface area contributed by atoms with Gasteiger partial charge in [0.05, 0.1) is 18.9 Å². The molecule has 9 heteroatoms. The summed E-state index contributed by atoms with van der Waals surface area (Å²) in [6, 6.07) is 6.79. The second-order valence-electron chi connectivity index (χ2n) is 7.46. The quantitative estimate of drug-likeness (QED) is 0.807. The van der Waals surface area contributed by atoms with Gasteiger partial charge in [0.15, 0.2) is 0 Å². The van der Waals surface area contributed by atoms with Crippen LogP contribution < -0.4 is 5.32 Å². The van der Waals surface area contributed by atoms with Crippen molar-refractivity contribution in [2.45, 2.75) is 24.2 Å². The second kappa shape index (κ2) is 8.18. The molecule has 3 aliphatic heterocycles. The molecule has 28 heavy (non-hydrogen) atoms. The van der Waals surface area contributed by atoms with Gasteiger partial charge in [-0.15, -0.1) is 4.40 Å². The Morgan fingerprint density at radius 3 is 2.82 bits per heavy atom. The molecule has 0 aliphatic carbocycles. The van der Waals surface area contributed by atoms with Crippen molar-refractivity contribution in [3.05, 3.63) is 24.3 Å². The molecule has 1 aromatic rings. The molecule has 0 aromatic heterocycles. The van der Waals surface area contributed by atoms with E-state index in [2.05, 4.69) is 14.6 Å². The number of fused-ring (bicyclic) bond motifs is 1. The number of carbonyl (C=O) groups excluding carboxylic acids is 1. The first-order valence-electron chi connectivity index (χ1n) is 9.82. The minimum absolute atomic E-state index is 0.0933. The van der Waals surface area contributed by atoms with Crippen molar-refractivity contribution >= 4 is 27.5 Å². The topological polar surface area (TPSA) is 91.3 Å². The Balaban J connectivity index is 1.40. The third-order valence-electron chi connectivity index (χ3n) is 5.55. The highest BCUT2D eigenvalue weighted by Gasteiger charge is 2.32. The molecule has 152 valence electrons. The van der Waals surface area contributed by atoms with E-state index in [4.69, 9.17) is 4.74 Å². The van der Waals surface area contributed by atoms with Crippen molar-refractivity contribution in [1.82, 2.24) is 9.80 Å². The van der Waals surface area contributed by atoms with E-state index in [1.807, 2.05) is 4.90 Å². The molecule has 4 rings (SSSR count). The predicted molar refractivity (Wildman–Crippen MR) is 106 cm³/mol. The molecular formula is C19H26N4O4S. The van der Waals surface area contributed by atoms with Crippen LogP contribution >= 0.6 is 0 Å². The Labute approximate surface area is 165 Å². The highest BCUT2D eigenvalue weighted by Crippen LogP contribution is 2.30. The molecule has 3 aliphatic rings. The Hall–Kier alpha value is -1.97. The number of amidine groups is 1. The van der Waals surface area contributed by atoms with E-state index in [-0.39, 0.29) is 16.7 Å². The molecule has 8 nitrogen and oxygen atoms in total. The Kier molecular flexibility index (Phi) is 5.65. The summed E-state index contributed by atoms with van der Waals surface area (Å²) in [5.41, 5.74) is 0.559. The molecule has 1 amide bonds. The van der Waals surface area contributed by atoms with Gasteiger partial charge in [0.2, 0.25) is 5.91 Å². The number of amides is 1. The molecule has 0 unspecified atom stereocenters. The van der Waals surface area contributed by atoms with Crippen molar-refractivity contribution in [2.75, 3.05) is 51.3 Å². The average Bonchev–Trinajstić information content (AvgIpc) is 2.72. The number of piperidine rings is 1. The molecule has 2 saturated heterocycles. The maximum Gasteiger partial charge on any atom is 0.286 e. The number of nitrogens with one attached hydrogen (secondary N) is 1. The molecule has 1 N–H and O–H groups in total. The van der Waals surface area contributed by atoms with Crippen molar-refractivity contribution in [3.8, 4) is 0 Å². The van der Waals surface area contributed by atoms with Gasteiger partial charge in [-0.05, 0) is 25.0 Å². The molecule has 0 spiro atoms. The molecule has 3 heterocycles. The monoisotopic (exact) mass is 406 g/mol. The number of hydrogen-bond donors (Lipinski definition) is 1. The number of likely N-dealkylation sites (tertiary alicyclic amines) is 1. The van der Waals surface area contributed by atoms with E-state index < -0.39 is 10.0 Å². The highest BCUT2D eigenvalue weighted by molar-refractivity contribution is 7.90. The summed E-state index contributed by atoms with van der Waals surface area (Å²) in [4.78, 5) is 17.0. The minimum Gasteiger partial charge on any atom is -0.379 e. The predicted octanol–water partition coefficient (Wildman–Crippen LogP) is 1.16. The van der Waals surface area contributed by atoms with Crippen molar-refractivity contribution in [2.24, 2.45) is 10.3 Å². The number of nitrogens with zero attached hydrogens (tertiary/aromatic N) is 3. The standard InChI is InChI=1S/C19H26N4O4S/c24-18(7-9-22-10-12-27-13-11-22)23-8-3-4-15(14-23)19-20-16-5-1-2-6-17(16)28(25,26)21-19/h1-2,5-6,15H,3-4,7-14H2,(H,20,21)/t15-/m0/s1. The first kappa shape index (κ1) is 19.4. The van der Waals surface area contributed by atoms with Crippen molar-refractivity contribution in [3.63, 3.8) is 0 Å². The van der Waals surface area contributed by atoms with Crippen molar-refractivity contribution in [1.29, 1.82) is 0 Å². The second-order valence-corrected chi connectivity index (χ2v) is 9.03. The lowest BCUT2D eigenvalue weighted by Gasteiger charge is -2.35. The zero-order chi connectivity index (χ0) is 19.6. The van der Waals surface area contributed by atoms with Crippen molar-refractivity contribution < 1.29 is 17.9 Å². The minimum atomic E-state index is -3.70. The zero-order valence-corrected chi connectivity index (χ0v) is 16.7. The van der Waals surface area contributed by atoms with Crippen LogP contribution in [0.3, 0.4) is 0 Å². The van der Waals surface area contributed by atoms with Gasteiger partial charge in [-0.2, -0.15) is 8.42 Å². The largest absolute Gasteiger partial charge is 0.379 e. The summed E-state index contributed by atoms with van der Waals surface area (Å²) in [6.45, 7) is 5.15. The lowest BCUT2D eigenvalue weighted by Crippen LogP contribution is -2.46. The molecule has 0 bridgehead atoms. The van der Waals surface area contributed by atoms with Gasteiger partial charge in [0, 0.05) is 45.1 Å². The first-order valence-corrected chi connectivity index (χ1v) is 11.3. The number of ether oxygens (including phenoxy) is 1. The van der Waals surface area contributed by atoms with E-state index in [1.165, 1.54) is 0 Å².